The Kier molecular flexibility index (Phi) is 16.3. The zero-order valence-electron chi connectivity index (χ0n) is 38.3. The van der Waals surface area contributed by atoms with Crippen LogP contribution in [-0.4, -0.2) is 105 Å². The number of phenolic OH excluding ortho intramolecular Hbond substituents is 2. The number of aliphatic hydroxyl groups is 2. The van der Waals surface area contributed by atoms with Crippen molar-refractivity contribution in [2.45, 2.75) is 138 Å². The number of amides is 2. The van der Waals surface area contributed by atoms with Crippen molar-refractivity contribution in [3.8, 4) is 23.0 Å². The maximum absolute atomic E-state index is 14.6. The fourth-order valence-corrected chi connectivity index (χ4v) is 8.28. The summed E-state index contributed by atoms with van der Waals surface area (Å²) in [5.74, 6) is -7.99. The number of allylic oxidation sites excluding steroid dienone is 2. The van der Waals surface area contributed by atoms with Crippen molar-refractivity contribution in [1.29, 1.82) is 0 Å². The van der Waals surface area contributed by atoms with Crippen LogP contribution in [-0.2, 0) is 28.6 Å². The molecule has 342 valence electrons. The minimum absolute atomic E-state index is 0.0554. The molecule has 0 radical (unpaired) electrons. The van der Waals surface area contributed by atoms with Crippen molar-refractivity contribution < 1.29 is 63.3 Å². The van der Waals surface area contributed by atoms with Gasteiger partial charge >= 0.3 is 11.8 Å². The number of carbonyl (C=O) groups is 4. The Morgan fingerprint density at radius 3 is 2.15 bits per heavy atom. The van der Waals surface area contributed by atoms with E-state index in [0.29, 0.717) is 12.8 Å². The number of ketones is 1. The zero-order chi connectivity index (χ0) is 46.5. The Morgan fingerprint density at radius 1 is 0.935 bits per heavy atom. The molecule has 15 heteroatoms. The first-order chi connectivity index (χ1) is 29.1. The number of aromatic hydroxyl groups is 2. The molecule has 0 aromatic heterocycles. The summed E-state index contributed by atoms with van der Waals surface area (Å²) in [4.78, 5) is 56.2. The van der Waals surface area contributed by atoms with Crippen LogP contribution in [0.1, 0.15) is 105 Å². The quantitative estimate of drug-likeness (QED) is 0.129. The van der Waals surface area contributed by atoms with E-state index in [0.717, 1.165) is 0 Å². The van der Waals surface area contributed by atoms with Crippen LogP contribution in [0.2, 0.25) is 0 Å². The number of nitrogens with zero attached hydrogens (tertiary/aromatic N) is 1. The van der Waals surface area contributed by atoms with Gasteiger partial charge in [-0.05, 0) is 46.6 Å². The molecule has 62 heavy (non-hydrogen) atoms. The highest BCUT2D eigenvalue weighted by Gasteiger charge is 2.50. The number of Topliss-reactive ketones (excluding diaryl/α,β-unsaturated/α-hetero) is 1. The molecule has 0 aliphatic carbocycles. The molecule has 2 amide bonds. The molecule has 15 nitrogen and oxygen atoms in total. The number of fused-ring (bicyclic) bond motifs is 14. The maximum atomic E-state index is 14.6. The van der Waals surface area contributed by atoms with Gasteiger partial charge in [-0.3, -0.25) is 19.2 Å². The van der Waals surface area contributed by atoms with Gasteiger partial charge in [-0.1, -0.05) is 59.8 Å². The van der Waals surface area contributed by atoms with E-state index >= 15 is 0 Å². The smallest absolute Gasteiger partial charge is 0.312 e. The number of hydrogen-bond acceptors (Lipinski definition) is 13. The molecule has 5 N–H and O–H groups in total. The van der Waals surface area contributed by atoms with Crippen LogP contribution >= 0.6 is 0 Å². The molecule has 3 aliphatic heterocycles. The van der Waals surface area contributed by atoms with Gasteiger partial charge in [-0.15, -0.1) is 0 Å². The van der Waals surface area contributed by atoms with E-state index in [1.165, 1.54) is 59.3 Å². The van der Waals surface area contributed by atoms with Gasteiger partial charge in [0, 0.05) is 79.3 Å². The van der Waals surface area contributed by atoms with Crippen molar-refractivity contribution in [3.63, 3.8) is 0 Å². The molecule has 2 aromatic carbocycles. The molecular weight excluding hydrogens is 801 g/mol. The molecule has 5 rings (SSSR count). The summed E-state index contributed by atoms with van der Waals surface area (Å²) < 4.78 is 30.0. The number of ether oxygens (including phenoxy) is 5. The summed E-state index contributed by atoms with van der Waals surface area (Å²) in [7, 11) is 1.44. The predicted octanol–water partition coefficient (Wildman–Crippen LogP) is 6.85. The second kappa shape index (κ2) is 20.4. The summed E-state index contributed by atoms with van der Waals surface area (Å²) in [6.45, 7) is 19.9. The Morgan fingerprint density at radius 2 is 1.56 bits per heavy atom. The van der Waals surface area contributed by atoms with Gasteiger partial charge in [-0.25, -0.2) is 0 Å². The fourth-order valence-electron chi connectivity index (χ4n) is 8.28. The van der Waals surface area contributed by atoms with Crippen LogP contribution in [0.15, 0.2) is 42.2 Å². The number of carbonyl (C=O) groups excluding carboxylic acids is 4. The lowest BCUT2D eigenvalue weighted by Gasteiger charge is -2.38. The summed E-state index contributed by atoms with van der Waals surface area (Å²) in [5, 5.41) is 48.8. The summed E-state index contributed by atoms with van der Waals surface area (Å²) in [6, 6.07) is 1.05. The highest BCUT2D eigenvalue weighted by molar-refractivity contribution is 6.21. The highest BCUT2D eigenvalue weighted by Crippen LogP contribution is 2.54. The van der Waals surface area contributed by atoms with Crippen molar-refractivity contribution in [3.05, 3.63) is 53.3 Å². The first kappa shape index (κ1) is 49.5. The minimum Gasteiger partial charge on any atom is -0.507 e. The van der Waals surface area contributed by atoms with E-state index in [9.17, 15) is 39.6 Å². The van der Waals surface area contributed by atoms with E-state index in [2.05, 4.69) is 5.32 Å². The van der Waals surface area contributed by atoms with E-state index in [4.69, 9.17) is 23.7 Å². The third kappa shape index (κ3) is 10.1. The second-order valence-corrected chi connectivity index (χ2v) is 17.0. The van der Waals surface area contributed by atoms with Gasteiger partial charge in [0.1, 0.15) is 23.4 Å². The van der Waals surface area contributed by atoms with Gasteiger partial charge in [-0.2, -0.15) is 0 Å². The maximum Gasteiger partial charge on any atom is 0.312 e. The molecule has 0 fully saturated rings. The average Bonchev–Trinajstić information content (AvgIpc) is 3.50. The van der Waals surface area contributed by atoms with Crippen molar-refractivity contribution in [2.75, 3.05) is 19.0 Å². The SMILES string of the molecule is CCC(C)N(C(=O)COc1cc2c(O)c3c(O)c(C)c4c(c13)C(=O)[C@@](C)(O/C=C/[C@H](OC)[C@@H](C)[C@@H](OC(C)=O)[C@H](C)[C@@H](O)[C@H](C)[C@H](O)[C@H](C)/C=C/C=C(/C)C(=O)N2)O4)C(C)CC. The number of anilines is 1. The van der Waals surface area contributed by atoms with Gasteiger partial charge in [0.2, 0.25) is 0 Å². The molecule has 3 aliphatic rings. The number of esters is 1. The minimum atomic E-state index is -2.03. The molecular formula is C47H66N2O13. The Hall–Kier alpha value is -5.12. The van der Waals surface area contributed by atoms with E-state index in [-0.39, 0.29) is 62.6 Å². The molecule has 0 saturated carbocycles. The lowest BCUT2D eigenvalue weighted by Crippen LogP contribution is -2.46. The average molecular weight is 867 g/mol. The first-order valence-electron chi connectivity index (χ1n) is 21.4. The molecule has 0 saturated heterocycles. The Labute approximate surface area is 364 Å². The summed E-state index contributed by atoms with van der Waals surface area (Å²) in [5.41, 5.74) is -0.000700. The number of aliphatic hydroxyl groups excluding tert-OH is 2. The zero-order valence-corrected chi connectivity index (χ0v) is 38.3. The first-order valence-corrected chi connectivity index (χ1v) is 21.4. The van der Waals surface area contributed by atoms with Gasteiger partial charge < -0.3 is 54.3 Å². The summed E-state index contributed by atoms with van der Waals surface area (Å²) >= 11 is 0. The Bertz CT molecular complexity index is 2080. The molecule has 2 aromatic rings. The van der Waals surface area contributed by atoms with Crippen LogP contribution < -0.4 is 14.8 Å². The lowest BCUT2D eigenvalue weighted by molar-refractivity contribution is -0.160. The third-order valence-electron chi connectivity index (χ3n) is 12.6. The largest absolute Gasteiger partial charge is 0.507 e. The normalized spacial score (nSPS) is 30.0. The fraction of sp³-hybridized carbons (Fsp3) is 0.574. The van der Waals surface area contributed by atoms with E-state index in [1.54, 1.807) is 44.7 Å². The topological polar surface area (TPSA) is 211 Å². The monoisotopic (exact) mass is 866 g/mol. The second-order valence-electron chi connectivity index (χ2n) is 17.0. The van der Waals surface area contributed by atoms with Gasteiger partial charge in [0.15, 0.2) is 12.4 Å². The number of rotatable bonds is 9. The predicted molar refractivity (Wildman–Crippen MR) is 234 cm³/mol. The number of hydrogen-bond donors (Lipinski definition) is 5. The number of methoxy groups -OCH3 is 1. The number of phenols is 2. The van der Waals surface area contributed by atoms with Crippen molar-refractivity contribution in [1.82, 2.24) is 4.90 Å². The van der Waals surface area contributed by atoms with Gasteiger partial charge in [0.25, 0.3) is 17.6 Å². The molecule has 5 bridgehead atoms. The molecule has 3 heterocycles. The lowest BCUT2D eigenvalue weighted by atomic mass is 9.78. The van der Waals surface area contributed by atoms with E-state index in [1.807, 2.05) is 27.7 Å². The van der Waals surface area contributed by atoms with Crippen molar-refractivity contribution in [2.24, 2.45) is 23.7 Å². The summed E-state index contributed by atoms with van der Waals surface area (Å²) in [6.07, 6.45) is 4.99. The molecule has 11 atom stereocenters. The third-order valence-corrected chi connectivity index (χ3v) is 12.6. The number of nitrogens with one attached hydrogen (secondary N) is 1. The van der Waals surface area contributed by atoms with E-state index < -0.39 is 89.6 Å². The molecule has 2 unspecified atom stereocenters. The van der Waals surface area contributed by atoms with Crippen molar-refractivity contribution >= 4 is 40.0 Å². The van der Waals surface area contributed by atoms with Crippen LogP contribution in [0.25, 0.3) is 10.8 Å². The van der Waals surface area contributed by atoms with Crippen LogP contribution in [0.5, 0.6) is 23.0 Å². The van der Waals surface area contributed by atoms with Crippen LogP contribution in [0.3, 0.4) is 0 Å². The molecule has 0 spiro atoms. The van der Waals surface area contributed by atoms with Gasteiger partial charge in [0.05, 0.1) is 41.2 Å². The number of benzene rings is 2. The highest BCUT2D eigenvalue weighted by atomic mass is 16.7. The van der Waals surface area contributed by atoms with Crippen LogP contribution in [0, 0.1) is 30.6 Å². The Balaban J connectivity index is 1.95. The standard InChI is InChI=1S/C47H66N2O13/c1-14-25(5)49(26(6)15-2)35(51)22-59-34-21-32-42(55)37-36(34)38-44(30(10)41(37)54)62-47(12,45(38)56)60-20-19-33(58-13)27(7)43(61-31(11)50)29(9)40(53)28(8)39(52)23(3)17-16-18-24(4)46(57)48-32/h16-21,23,25-29,33,39-40,43,52-55H,14-15,22H2,1-13H3,(H,48,57)/b17-16+,20-19+,24-18-/t23-,25?,26?,27-,28-,29-,33+,39-,40+,43-,47+/m1/s1. The van der Waals surface area contributed by atoms with Crippen LogP contribution in [0.4, 0.5) is 5.69 Å².